The first-order chi connectivity index (χ1) is 7.74. The Bertz CT molecular complexity index is 319. The molecule has 0 aliphatic heterocycles. The van der Waals surface area contributed by atoms with E-state index in [0.29, 0.717) is 5.75 Å². The van der Waals surface area contributed by atoms with Crippen LogP contribution in [0.1, 0.15) is 32.3 Å². The van der Waals surface area contributed by atoms with Crippen LogP contribution in [0.5, 0.6) is 11.5 Å². The molecule has 0 fully saturated rings. The van der Waals surface area contributed by atoms with Crippen LogP contribution >= 0.6 is 0 Å². The van der Waals surface area contributed by atoms with Gasteiger partial charge < -0.3 is 14.6 Å². The van der Waals surface area contributed by atoms with Gasteiger partial charge in [-0.2, -0.15) is 0 Å². The molecule has 1 N–H and O–H groups in total. The Morgan fingerprint density at radius 1 is 1.19 bits per heavy atom. The highest BCUT2D eigenvalue weighted by molar-refractivity contribution is 5.42. The molecule has 0 saturated carbocycles. The summed E-state index contributed by atoms with van der Waals surface area (Å²) >= 11 is 0. The molecule has 0 aliphatic carbocycles. The molecule has 16 heavy (non-hydrogen) atoms. The predicted molar refractivity (Wildman–Crippen MR) is 63.9 cm³/mol. The van der Waals surface area contributed by atoms with Crippen LogP contribution in [0.2, 0.25) is 0 Å². The van der Waals surface area contributed by atoms with E-state index in [2.05, 4.69) is 13.8 Å². The van der Waals surface area contributed by atoms with Gasteiger partial charge in [0.2, 0.25) is 0 Å². The second-order valence-corrected chi connectivity index (χ2v) is 3.70. The molecule has 0 unspecified atom stereocenters. The number of aliphatic hydroxyl groups excluding tert-OH is 1. The number of methoxy groups -OCH3 is 1. The van der Waals surface area contributed by atoms with E-state index in [-0.39, 0.29) is 12.7 Å². The van der Waals surface area contributed by atoms with E-state index < -0.39 is 0 Å². The van der Waals surface area contributed by atoms with Gasteiger partial charge in [0.25, 0.3) is 0 Å². The fraction of sp³-hybridized carbons (Fsp3) is 0.538. The summed E-state index contributed by atoms with van der Waals surface area (Å²) in [6, 6.07) is 5.50. The molecule has 0 amide bonds. The maximum Gasteiger partial charge on any atom is 0.161 e. The Hall–Kier alpha value is -1.22. The molecule has 0 aliphatic rings. The maximum atomic E-state index is 9.03. The number of hydrogen-bond donors (Lipinski definition) is 1. The van der Waals surface area contributed by atoms with Gasteiger partial charge in [-0.1, -0.05) is 19.9 Å². The van der Waals surface area contributed by atoms with Gasteiger partial charge in [-0.05, 0) is 30.5 Å². The van der Waals surface area contributed by atoms with Crippen molar-refractivity contribution in [1.82, 2.24) is 0 Å². The third-order valence-corrected chi connectivity index (χ3v) is 2.61. The molecular formula is C13H20O3. The molecule has 3 heteroatoms. The Kier molecular flexibility index (Phi) is 5.12. The van der Waals surface area contributed by atoms with Gasteiger partial charge in [-0.15, -0.1) is 0 Å². The molecule has 1 aromatic rings. The van der Waals surface area contributed by atoms with Crippen molar-refractivity contribution in [3.8, 4) is 11.5 Å². The van der Waals surface area contributed by atoms with E-state index in [1.54, 1.807) is 13.2 Å². The molecule has 0 atom stereocenters. The largest absolute Gasteiger partial charge is 0.493 e. The summed E-state index contributed by atoms with van der Waals surface area (Å²) < 4.78 is 11.1. The van der Waals surface area contributed by atoms with Crippen LogP contribution in [-0.2, 0) is 6.61 Å². The van der Waals surface area contributed by atoms with Crippen molar-refractivity contribution in [2.75, 3.05) is 7.11 Å². The summed E-state index contributed by atoms with van der Waals surface area (Å²) in [7, 11) is 1.61. The Morgan fingerprint density at radius 2 is 1.88 bits per heavy atom. The summed E-state index contributed by atoms with van der Waals surface area (Å²) in [5.74, 6) is 1.42. The predicted octanol–water partition coefficient (Wildman–Crippen LogP) is 2.75. The van der Waals surface area contributed by atoms with Crippen LogP contribution in [0.25, 0.3) is 0 Å². The van der Waals surface area contributed by atoms with E-state index in [0.717, 1.165) is 24.2 Å². The average Bonchev–Trinajstić information content (AvgIpc) is 2.35. The highest BCUT2D eigenvalue weighted by Gasteiger charge is 2.10. The number of ether oxygens (including phenoxy) is 2. The molecule has 1 aromatic carbocycles. The fourth-order valence-electron chi connectivity index (χ4n) is 1.54. The lowest BCUT2D eigenvalue weighted by atomic mass is 10.2. The molecule has 90 valence electrons. The Morgan fingerprint density at radius 3 is 2.38 bits per heavy atom. The first kappa shape index (κ1) is 12.8. The molecule has 3 nitrogen and oxygen atoms in total. The van der Waals surface area contributed by atoms with Crippen molar-refractivity contribution < 1.29 is 14.6 Å². The van der Waals surface area contributed by atoms with Crippen molar-refractivity contribution >= 4 is 0 Å². The zero-order chi connectivity index (χ0) is 12.0. The van der Waals surface area contributed by atoms with Crippen LogP contribution in [-0.4, -0.2) is 18.3 Å². The first-order valence-corrected chi connectivity index (χ1v) is 5.69. The van der Waals surface area contributed by atoms with Crippen LogP contribution < -0.4 is 9.47 Å². The third-order valence-electron chi connectivity index (χ3n) is 2.61. The van der Waals surface area contributed by atoms with Crippen LogP contribution in [0, 0.1) is 0 Å². The van der Waals surface area contributed by atoms with Crippen molar-refractivity contribution in [2.24, 2.45) is 0 Å². The molecule has 0 heterocycles. The van der Waals surface area contributed by atoms with Gasteiger partial charge in [0, 0.05) is 0 Å². The molecule has 0 radical (unpaired) electrons. The monoisotopic (exact) mass is 224 g/mol. The molecule has 1 rings (SSSR count). The van der Waals surface area contributed by atoms with E-state index >= 15 is 0 Å². The van der Waals surface area contributed by atoms with E-state index in [9.17, 15) is 0 Å². The number of rotatable bonds is 6. The van der Waals surface area contributed by atoms with Crippen LogP contribution in [0.15, 0.2) is 18.2 Å². The zero-order valence-electron chi connectivity index (χ0n) is 10.2. The van der Waals surface area contributed by atoms with Crippen molar-refractivity contribution in [3.63, 3.8) is 0 Å². The summed E-state index contributed by atoms with van der Waals surface area (Å²) in [4.78, 5) is 0. The minimum absolute atomic E-state index is 0.0155. The standard InChI is InChI=1S/C13H20O3/c1-4-11(5-2)16-12-7-6-10(9-14)8-13(12)15-3/h6-8,11,14H,4-5,9H2,1-3H3. The van der Waals surface area contributed by atoms with Crippen molar-refractivity contribution in [1.29, 1.82) is 0 Å². The normalized spacial score (nSPS) is 10.6. The second-order valence-electron chi connectivity index (χ2n) is 3.70. The topological polar surface area (TPSA) is 38.7 Å². The Balaban J connectivity index is 2.86. The SMILES string of the molecule is CCC(CC)Oc1ccc(CO)cc1OC. The van der Waals surface area contributed by atoms with Gasteiger partial charge >= 0.3 is 0 Å². The quantitative estimate of drug-likeness (QED) is 0.807. The summed E-state index contributed by atoms with van der Waals surface area (Å²) in [6.45, 7) is 4.22. The lowest BCUT2D eigenvalue weighted by Crippen LogP contribution is -2.14. The third kappa shape index (κ3) is 3.14. The molecular weight excluding hydrogens is 204 g/mol. The molecule has 0 spiro atoms. The minimum Gasteiger partial charge on any atom is -0.493 e. The van der Waals surface area contributed by atoms with E-state index in [1.807, 2.05) is 12.1 Å². The van der Waals surface area contributed by atoms with Gasteiger partial charge in [0.05, 0.1) is 19.8 Å². The lowest BCUT2D eigenvalue weighted by molar-refractivity contribution is 0.184. The summed E-state index contributed by atoms with van der Waals surface area (Å²) in [5, 5.41) is 9.03. The molecule has 0 aromatic heterocycles. The minimum atomic E-state index is 0.0155. The van der Waals surface area contributed by atoms with Gasteiger partial charge in [-0.3, -0.25) is 0 Å². The molecule has 0 saturated heterocycles. The van der Waals surface area contributed by atoms with Gasteiger partial charge in [0.15, 0.2) is 11.5 Å². The number of benzene rings is 1. The first-order valence-electron chi connectivity index (χ1n) is 5.69. The highest BCUT2D eigenvalue weighted by Crippen LogP contribution is 2.29. The fourth-order valence-corrected chi connectivity index (χ4v) is 1.54. The van der Waals surface area contributed by atoms with E-state index in [4.69, 9.17) is 14.6 Å². The molecule has 0 bridgehead atoms. The second kappa shape index (κ2) is 6.38. The number of hydrogen-bond acceptors (Lipinski definition) is 3. The van der Waals surface area contributed by atoms with Crippen LogP contribution in [0.4, 0.5) is 0 Å². The zero-order valence-corrected chi connectivity index (χ0v) is 10.2. The van der Waals surface area contributed by atoms with Crippen LogP contribution in [0.3, 0.4) is 0 Å². The summed E-state index contributed by atoms with van der Waals surface area (Å²) in [5.41, 5.74) is 0.828. The average molecular weight is 224 g/mol. The summed E-state index contributed by atoms with van der Waals surface area (Å²) in [6.07, 6.45) is 2.16. The van der Waals surface area contributed by atoms with Crippen molar-refractivity contribution in [3.05, 3.63) is 23.8 Å². The van der Waals surface area contributed by atoms with E-state index in [1.165, 1.54) is 0 Å². The smallest absolute Gasteiger partial charge is 0.161 e. The lowest BCUT2D eigenvalue weighted by Gasteiger charge is -2.18. The Labute approximate surface area is 97.0 Å². The van der Waals surface area contributed by atoms with Gasteiger partial charge in [0.1, 0.15) is 0 Å². The van der Waals surface area contributed by atoms with Crippen molar-refractivity contribution in [2.45, 2.75) is 39.4 Å². The maximum absolute atomic E-state index is 9.03. The number of aliphatic hydroxyl groups is 1. The highest BCUT2D eigenvalue weighted by atomic mass is 16.5. The van der Waals surface area contributed by atoms with Gasteiger partial charge in [-0.25, -0.2) is 0 Å².